The Labute approximate surface area is 98.0 Å². The van der Waals surface area contributed by atoms with Crippen LogP contribution in [0.25, 0.3) is 0 Å². The Bertz CT molecular complexity index is 374. The molecule has 1 rings (SSSR count). The molecule has 0 radical (unpaired) electrons. The van der Waals surface area contributed by atoms with Gasteiger partial charge in [0.2, 0.25) is 0 Å². The first-order valence-corrected chi connectivity index (χ1v) is 5.39. The van der Waals surface area contributed by atoms with Gasteiger partial charge in [-0.2, -0.15) is 0 Å². The predicted octanol–water partition coefficient (Wildman–Crippen LogP) is 3.07. The van der Waals surface area contributed by atoms with E-state index >= 15 is 0 Å². The molecule has 0 aliphatic heterocycles. The van der Waals surface area contributed by atoms with Crippen LogP contribution in [0.4, 0.5) is 0 Å². The van der Waals surface area contributed by atoms with Crippen LogP contribution < -0.4 is 0 Å². The van der Waals surface area contributed by atoms with Crippen molar-refractivity contribution in [2.24, 2.45) is 0 Å². The van der Waals surface area contributed by atoms with Crippen LogP contribution in [-0.4, -0.2) is 12.1 Å². The Hall–Kier alpha value is -0.230. The molecule has 68 valence electrons. The van der Waals surface area contributed by atoms with Crippen molar-refractivity contribution in [2.45, 2.75) is 6.92 Å². The summed E-state index contributed by atoms with van der Waals surface area (Å²) in [5, 5.41) is 0. The maximum Gasteiger partial charge on any atom is 0.161 e. The molecule has 0 spiro atoms. The van der Waals surface area contributed by atoms with Gasteiger partial charge in [-0.15, -0.1) is 0 Å². The monoisotopic (exact) mass is 352 g/mol. The third kappa shape index (κ3) is 2.17. The molecule has 0 aliphatic carbocycles. The summed E-state index contributed by atoms with van der Waals surface area (Å²) in [4.78, 5) is 21.8. The van der Waals surface area contributed by atoms with Gasteiger partial charge in [-0.1, -0.05) is 0 Å². The molecule has 0 N–H and O–H groups in total. The molecule has 0 unspecified atom stereocenters. The second-order valence-electron chi connectivity index (χ2n) is 2.50. The number of benzene rings is 1. The molecule has 0 atom stereocenters. The Kier molecular flexibility index (Phi) is 3.61. The first-order valence-electron chi connectivity index (χ1n) is 3.52. The van der Waals surface area contributed by atoms with E-state index in [9.17, 15) is 9.59 Å². The molecule has 2 nitrogen and oxygen atoms in total. The number of carbonyl (C=O) groups excluding carboxylic acids is 2. The predicted molar refractivity (Wildman–Crippen MR) is 62.3 cm³/mol. The zero-order valence-electron chi connectivity index (χ0n) is 6.80. The van der Waals surface area contributed by atoms with Crippen molar-refractivity contribution in [1.82, 2.24) is 0 Å². The lowest BCUT2D eigenvalue weighted by molar-refractivity contribution is 0.100. The number of hydrogen-bond acceptors (Lipinski definition) is 2. The Morgan fingerprint density at radius 2 is 2.15 bits per heavy atom. The quantitative estimate of drug-likeness (QED) is 0.465. The van der Waals surface area contributed by atoms with Gasteiger partial charge in [-0.3, -0.25) is 9.59 Å². The zero-order chi connectivity index (χ0) is 10.0. The van der Waals surface area contributed by atoms with Crippen LogP contribution >= 0.6 is 38.5 Å². The standard InChI is InChI=1S/C9H6BrIO2/c1-5(13)8-6(4-12)2-3-7(11)9(8)10/h2-4H,1H3. The second-order valence-corrected chi connectivity index (χ2v) is 4.45. The third-order valence-corrected chi connectivity index (χ3v) is 4.07. The maximum absolute atomic E-state index is 11.2. The fourth-order valence-electron chi connectivity index (χ4n) is 1.02. The van der Waals surface area contributed by atoms with Gasteiger partial charge in [0, 0.05) is 19.2 Å². The number of Topliss-reactive ketones (excluding diaryl/α,β-unsaturated/α-hetero) is 1. The topological polar surface area (TPSA) is 34.1 Å². The van der Waals surface area contributed by atoms with E-state index in [1.54, 1.807) is 12.1 Å². The smallest absolute Gasteiger partial charge is 0.161 e. The number of ketones is 1. The summed E-state index contributed by atoms with van der Waals surface area (Å²) >= 11 is 5.39. The van der Waals surface area contributed by atoms with E-state index in [1.807, 2.05) is 0 Å². The number of rotatable bonds is 2. The summed E-state index contributed by atoms with van der Waals surface area (Å²) in [6.07, 6.45) is 0.692. The van der Waals surface area contributed by atoms with Gasteiger partial charge in [-0.25, -0.2) is 0 Å². The van der Waals surface area contributed by atoms with Crippen LogP contribution in [0, 0.1) is 3.57 Å². The molecule has 1 aromatic rings. The average Bonchev–Trinajstić information content (AvgIpc) is 2.08. The lowest BCUT2D eigenvalue weighted by atomic mass is 10.1. The van der Waals surface area contributed by atoms with Crippen LogP contribution in [-0.2, 0) is 0 Å². The van der Waals surface area contributed by atoms with E-state index in [0.29, 0.717) is 21.9 Å². The van der Waals surface area contributed by atoms with E-state index in [0.717, 1.165) is 3.57 Å². The van der Waals surface area contributed by atoms with E-state index in [-0.39, 0.29) is 5.78 Å². The zero-order valence-corrected chi connectivity index (χ0v) is 10.5. The fraction of sp³-hybridized carbons (Fsp3) is 0.111. The van der Waals surface area contributed by atoms with Crippen LogP contribution in [0.2, 0.25) is 0 Å². The number of carbonyl (C=O) groups is 2. The molecule has 0 amide bonds. The molecule has 0 fully saturated rings. The highest BCUT2D eigenvalue weighted by Gasteiger charge is 2.13. The summed E-state index contributed by atoms with van der Waals surface area (Å²) in [5.41, 5.74) is 0.890. The van der Waals surface area contributed by atoms with Crippen LogP contribution in [0.5, 0.6) is 0 Å². The van der Waals surface area contributed by atoms with Crippen LogP contribution in [0.1, 0.15) is 27.6 Å². The minimum atomic E-state index is -0.104. The van der Waals surface area contributed by atoms with Crippen molar-refractivity contribution in [3.63, 3.8) is 0 Å². The number of halogens is 2. The van der Waals surface area contributed by atoms with E-state index in [2.05, 4.69) is 38.5 Å². The van der Waals surface area contributed by atoms with Crippen molar-refractivity contribution in [2.75, 3.05) is 0 Å². The fourth-order valence-corrected chi connectivity index (χ4v) is 2.11. The highest BCUT2D eigenvalue weighted by Crippen LogP contribution is 2.26. The number of aldehydes is 1. The van der Waals surface area contributed by atoms with Gasteiger partial charge >= 0.3 is 0 Å². The van der Waals surface area contributed by atoms with Gasteiger partial charge in [0.05, 0.1) is 0 Å². The molecule has 0 heterocycles. The van der Waals surface area contributed by atoms with Crippen molar-refractivity contribution in [3.8, 4) is 0 Å². The summed E-state index contributed by atoms with van der Waals surface area (Å²) in [6, 6.07) is 3.44. The Balaban J connectivity index is 3.50. The van der Waals surface area contributed by atoms with Gasteiger partial charge < -0.3 is 0 Å². The van der Waals surface area contributed by atoms with E-state index in [1.165, 1.54) is 6.92 Å². The highest BCUT2D eigenvalue weighted by atomic mass is 127. The van der Waals surface area contributed by atoms with E-state index < -0.39 is 0 Å². The number of hydrogen-bond donors (Lipinski definition) is 0. The van der Waals surface area contributed by atoms with Crippen LogP contribution in [0.3, 0.4) is 0 Å². The third-order valence-electron chi connectivity index (χ3n) is 1.61. The SMILES string of the molecule is CC(=O)c1c(C=O)ccc(I)c1Br. The molecule has 0 saturated heterocycles. The molecular formula is C9H6BrIO2. The molecule has 4 heteroatoms. The van der Waals surface area contributed by atoms with Crippen LogP contribution in [0.15, 0.2) is 16.6 Å². The second kappa shape index (κ2) is 4.32. The molecule has 0 saturated carbocycles. The van der Waals surface area contributed by atoms with Gasteiger partial charge in [0.25, 0.3) is 0 Å². The summed E-state index contributed by atoms with van der Waals surface area (Å²) < 4.78 is 1.62. The molecular weight excluding hydrogens is 347 g/mol. The van der Waals surface area contributed by atoms with Crippen molar-refractivity contribution >= 4 is 50.6 Å². The Morgan fingerprint density at radius 3 is 2.62 bits per heavy atom. The minimum absolute atomic E-state index is 0.104. The van der Waals surface area contributed by atoms with Crippen molar-refractivity contribution < 1.29 is 9.59 Å². The average molecular weight is 353 g/mol. The first kappa shape index (κ1) is 10.8. The van der Waals surface area contributed by atoms with Crippen molar-refractivity contribution in [3.05, 3.63) is 31.3 Å². The van der Waals surface area contributed by atoms with Crippen molar-refractivity contribution in [1.29, 1.82) is 0 Å². The van der Waals surface area contributed by atoms with Gasteiger partial charge in [0.15, 0.2) is 12.1 Å². The molecule has 13 heavy (non-hydrogen) atoms. The summed E-state index contributed by atoms with van der Waals surface area (Å²) in [5.74, 6) is -0.104. The minimum Gasteiger partial charge on any atom is -0.298 e. The maximum atomic E-state index is 11.2. The van der Waals surface area contributed by atoms with Gasteiger partial charge in [0.1, 0.15) is 0 Å². The highest BCUT2D eigenvalue weighted by molar-refractivity contribution is 14.1. The largest absolute Gasteiger partial charge is 0.298 e. The van der Waals surface area contributed by atoms with E-state index in [4.69, 9.17) is 0 Å². The van der Waals surface area contributed by atoms with Gasteiger partial charge in [-0.05, 0) is 57.6 Å². The molecule has 0 bridgehead atoms. The first-order chi connectivity index (χ1) is 6.07. The Morgan fingerprint density at radius 1 is 1.54 bits per heavy atom. The molecule has 0 aromatic heterocycles. The normalized spacial score (nSPS) is 9.77. The summed E-state index contributed by atoms with van der Waals surface area (Å²) in [6.45, 7) is 1.45. The lowest BCUT2D eigenvalue weighted by Crippen LogP contribution is -2.01. The summed E-state index contributed by atoms with van der Waals surface area (Å²) in [7, 11) is 0. The molecule has 1 aromatic carbocycles. The molecule has 0 aliphatic rings. The lowest BCUT2D eigenvalue weighted by Gasteiger charge is -2.05.